The molecule has 0 saturated carbocycles. The Kier molecular flexibility index (Phi) is 3.30. The molecule has 1 aromatic heterocycles. The number of rotatable bonds is 2. The van der Waals surface area contributed by atoms with Crippen LogP contribution in [0.25, 0.3) is 22.3 Å². The van der Waals surface area contributed by atoms with Gasteiger partial charge in [-0.25, -0.2) is 4.39 Å². The Morgan fingerprint density at radius 2 is 2.00 bits per heavy atom. The highest BCUT2D eigenvalue weighted by atomic mass is 19.1. The van der Waals surface area contributed by atoms with Crippen LogP contribution in [0.15, 0.2) is 40.8 Å². The van der Waals surface area contributed by atoms with Gasteiger partial charge in [-0.05, 0) is 42.3 Å². The van der Waals surface area contributed by atoms with Crippen LogP contribution in [-0.2, 0) is 6.42 Å². The molecular weight excluding hydrogens is 307 g/mol. The van der Waals surface area contributed by atoms with E-state index in [1.807, 2.05) is 19.2 Å². The number of benzene rings is 2. The van der Waals surface area contributed by atoms with E-state index in [0.717, 1.165) is 24.0 Å². The first-order valence-corrected chi connectivity index (χ1v) is 7.87. The number of furan rings is 1. The van der Waals surface area contributed by atoms with Crippen molar-refractivity contribution in [3.63, 3.8) is 0 Å². The van der Waals surface area contributed by atoms with Gasteiger partial charge in [-0.2, -0.15) is 0 Å². The van der Waals surface area contributed by atoms with Crippen LogP contribution in [-0.4, -0.2) is 26.5 Å². The first kappa shape index (κ1) is 14.8. The molecule has 0 fully saturated rings. The molecule has 1 N–H and O–H groups in total. The molecule has 0 bridgehead atoms. The number of fused-ring (bicyclic) bond motifs is 2. The molecule has 24 heavy (non-hydrogen) atoms. The van der Waals surface area contributed by atoms with E-state index in [1.54, 1.807) is 19.2 Å². The molecule has 1 aliphatic rings. The molecule has 4 nitrogen and oxygen atoms in total. The van der Waals surface area contributed by atoms with Gasteiger partial charge in [0.1, 0.15) is 17.2 Å². The van der Waals surface area contributed by atoms with Crippen molar-refractivity contribution in [3.8, 4) is 11.3 Å². The minimum absolute atomic E-state index is 0.209. The van der Waals surface area contributed by atoms with Gasteiger partial charge in [0.25, 0.3) is 5.91 Å². The van der Waals surface area contributed by atoms with Gasteiger partial charge >= 0.3 is 0 Å². The first-order chi connectivity index (χ1) is 11.6. The Labute approximate surface area is 138 Å². The number of anilines is 1. The fourth-order valence-corrected chi connectivity index (χ4v) is 3.30. The van der Waals surface area contributed by atoms with Crippen molar-refractivity contribution in [2.45, 2.75) is 6.42 Å². The predicted octanol–water partition coefficient (Wildman–Crippen LogP) is 3.59. The highest BCUT2D eigenvalue weighted by Gasteiger charge is 2.25. The van der Waals surface area contributed by atoms with Crippen molar-refractivity contribution >= 4 is 22.6 Å². The first-order valence-electron chi connectivity index (χ1n) is 7.87. The maximum absolute atomic E-state index is 13.2. The quantitative estimate of drug-likeness (QED) is 0.783. The van der Waals surface area contributed by atoms with Gasteiger partial charge in [0.05, 0.1) is 5.56 Å². The van der Waals surface area contributed by atoms with E-state index in [4.69, 9.17) is 4.42 Å². The zero-order valence-electron chi connectivity index (χ0n) is 13.5. The number of carbonyl (C=O) groups excluding carboxylic acids is 1. The zero-order chi connectivity index (χ0) is 16.8. The smallest absolute Gasteiger partial charge is 0.255 e. The second-order valence-electron chi connectivity index (χ2n) is 6.04. The van der Waals surface area contributed by atoms with Gasteiger partial charge in [0.2, 0.25) is 0 Å². The SMILES string of the molecule is CNC(=O)c1c(-c2ccc(F)cc2)oc2cc3c(cc12)CCN3C. The maximum atomic E-state index is 13.2. The summed E-state index contributed by atoms with van der Waals surface area (Å²) >= 11 is 0. The summed E-state index contributed by atoms with van der Waals surface area (Å²) in [6.45, 7) is 0.960. The molecule has 0 atom stereocenters. The van der Waals surface area contributed by atoms with E-state index in [2.05, 4.69) is 10.2 Å². The number of hydrogen-bond donors (Lipinski definition) is 1. The molecule has 0 spiro atoms. The predicted molar refractivity (Wildman–Crippen MR) is 92.0 cm³/mol. The van der Waals surface area contributed by atoms with Crippen LogP contribution in [0.3, 0.4) is 0 Å². The Bertz CT molecular complexity index is 944. The van der Waals surface area contributed by atoms with Gasteiger partial charge in [-0.1, -0.05) is 0 Å². The summed E-state index contributed by atoms with van der Waals surface area (Å²) in [7, 11) is 3.64. The average molecular weight is 324 g/mol. The third kappa shape index (κ3) is 2.16. The van der Waals surface area contributed by atoms with E-state index in [9.17, 15) is 9.18 Å². The standard InChI is InChI=1S/C19H17FN2O2/c1-21-19(23)17-14-9-12-7-8-22(2)15(12)10-16(14)24-18(17)11-3-5-13(20)6-4-11/h3-6,9-10H,7-8H2,1-2H3,(H,21,23). The minimum Gasteiger partial charge on any atom is -0.455 e. The molecule has 1 aliphatic heterocycles. The fraction of sp³-hybridized carbons (Fsp3) is 0.211. The van der Waals surface area contributed by atoms with E-state index >= 15 is 0 Å². The molecule has 2 aromatic carbocycles. The lowest BCUT2D eigenvalue weighted by Crippen LogP contribution is -2.18. The van der Waals surface area contributed by atoms with E-state index in [-0.39, 0.29) is 11.7 Å². The molecule has 4 rings (SSSR count). The Morgan fingerprint density at radius 3 is 2.71 bits per heavy atom. The van der Waals surface area contributed by atoms with E-state index in [0.29, 0.717) is 22.5 Å². The molecule has 0 aliphatic carbocycles. The van der Waals surface area contributed by atoms with Crippen LogP contribution in [0, 0.1) is 5.82 Å². The minimum atomic E-state index is -0.322. The average Bonchev–Trinajstić information content (AvgIpc) is 3.14. The summed E-state index contributed by atoms with van der Waals surface area (Å²) in [6.07, 6.45) is 0.950. The lowest BCUT2D eigenvalue weighted by atomic mass is 10.0. The lowest BCUT2D eigenvalue weighted by molar-refractivity contribution is 0.0964. The number of likely N-dealkylation sites (N-methyl/N-ethyl adjacent to an activating group) is 1. The summed E-state index contributed by atoms with van der Waals surface area (Å²) in [5.41, 5.74) is 4.18. The summed E-state index contributed by atoms with van der Waals surface area (Å²) in [4.78, 5) is 14.6. The summed E-state index contributed by atoms with van der Waals surface area (Å²) in [5.74, 6) is -0.0630. The molecule has 0 saturated heterocycles. The Balaban J connectivity index is 1.99. The monoisotopic (exact) mass is 324 g/mol. The molecule has 5 heteroatoms. The molecule has 2 heterocycles. The van der Waals surface area contributed by atoms with Crippen molar-refractivity contribution in [1.82, 2.24) is 5.32 Å². The summed E-state index contributed by atoms with van der Waals surface area (Å²) < 4.78 is 19.2. The van der Waals surface area contributed by atoms with Crippen molar-refractivity contribution in [3.05, 3.63) is 53.3 Å². The van der Waals surface area contributed by atoms with Crippen molar-refractivity contribution < 1.29 is 13.6 Å². The van der Waals surface area contributed by atoms with Crippen LogP contribution in [0.4, 0.5) is 10.1 Å². The number of nitrogens with zero attached hydrogens (tertiary/aromatic N) is 1. The second kappa shape index (κ2) is 5.37. The number of carbonyl (C=O) groups is 1. The Morgan fingerprint density at radius 1 is 1.25 bits per heavy atom. The van der Waals surface area contributed by atoms with E-state index < -0.39 is 0 Å². The molecule has 1 amide bonds. The number of nitrogens with one attached hydrogen (secondary N) is 1. The fourth-order valence-electron chi connectivity index (χ4n) is 3.30. The van der Waals surface area contributed by atoms with Crippen molar-refractivity contribution in [2.75, 3.05) is 25.5 Å². The summed E-state index contributed by atoms with van der Waals surface area (Å²) in [6, 6.07) is 10.00. The van der Waals surface area contributed by atoms with Gasteiger partial charge < -0.3 is 14.6 Å². The van der Waals surface area contributed by atoms with Gasteiger partial charge in [0.15, 0.2) is 0 Å². The number of hydrogen-bond acceptors (Lipinski definition) is 3. The number of amides is 1. The van der Waals surface area contributed by atoms with Crippen LogP contribution < -0.4 is 10.2 Å². The Hall–Kier alpha value is -2.82. The highest BCUT2D eigenvalue weighted by Crippen LogP contribution is 2.39. The number of halogens is 1. The molecule has 122 valence electrons. The second-order valence-corrected chi connectivity index (χ2v) is 6.04. The maximum Gasteiger partial charge on any atom is 0.255 e. The van der Waals surface area contributed by atoms with Gasteiger partial charge in [0, 0.05) is 43.3 Å². The van der Waals surface area contributed by atoms with Crippen LogP contribution in [0.2, 0.25) is 0 Å². The third-order valence-electron chi connectivity index (χ3n) is 4.58. The molecule has 0 radical (unpaired) electrons. The van der Waals surface area contributed by atoms with Crippen LogP contribution >= 0.6 is 0 Å². The molecule has 3 aromatic rings. The van der Waals surface area contributed by atoms with Crippen LogP contribution in [0.1, 0.15) is 15.9 Å². The lowest BCUT2D eigenvalue weighted by Gasteiger charge is -2.11. The molecular formula is C19H17FN2O2. The van der Waals surface area contributed by atoms with Crippen LogP contribution in [0.5, 0.6) is 0 Å². The zero-order valence-corrected chi connectivity index (χ0v) is 13.5. The van der Waals surface area contributed by atoms with Gasteiger partial charge in [-0.3, -0.25) is 4.79 Å². The normalized spacial score (nSPS) is 13.4. The van der Waals surface area contributed by atoms with Crippen molar-refractivity contribution in [1.29, 1.82) is 0 Å². The topological polar surface area (TPSA) is 45.5 Å². The van der Waals surface area contributed by atoms with E-state index in [1.165, 1.54) is 17.7 Å². The van der Waals surface area contributed by atoms with Gasteiger partial charge in [-0.15, -0.1) is 0 Å². The van der Waals surface area contributed by atoms with Crippen molar-refractivity contribution in [2.24, 2.45) is 0 Å². The highest BCUT2D eigenvalue weighted by molar-refractivity contribution is 6.11. The third-order valence-corrected chi connectivity index (χ3v) is 4.58. The summed E-state index contributed by atoms with van der Waals surface area (Å²) in [5, 5.41) is 3.47. The molecule has 0 unspecified atom stereocenters. The largest absolute Gasteiger partial charge is 0.455 e.